The van der Waals surface area contributed by atoms with E-state index in [1.54, 1.807) is 20.4 Å². The van der Waals surface area contributed by atoms with Crippen LogP contribution in [0.15, 0.2) is 53.6 Å². The number of hydrazone groups is 1. The Labute approximate surface area is 134 Å². The molecule has 0 bridgehead atoms. The van der Waals surface area contributed by atoms with Crippen LogP contribution in [0, 0.1) is 0 Å². The first-order valence-electron chi connectivity index (χ1n) is 6.60. The number of rotatable bonds is 5. The Bertz CT molecular complexity index is 674. The van der Waals surface area contributed by atoms with E-state index in [1.807, 2.05) is 48.5 Å². The number of ether oxygens (including phenoxy) is 2. The van der Waals surface area contributed by atoms with Crippen molar-refractivity contribution in [1.29, 1.82) is 0 Å². The number of hydrogen-bond donors (Lipinski definition) is 2. The molecule has 0 aromatic heterocycles. The van der Waals surface area contributed by atoms with Gasteiger partial charge in [-0.3, -0.25) is 5.43 Å². The highest BCUT2D eigenvalue weighted by Gasteiger charge is 1.99. The predicted molar refractivity (Wildman–Crippen MR) is 92.9 cm³/mol. The molecule has 2 aromatic carbocycles. The Hall–Kier alpha value is -2.60. The molecule has 0 aliphatic rings. The van der Waals surface area contributed by atoms with Crippen LogP contribution in [0.4, 0.5) is 5.69 Å². The van der Waals surface area contributed by atoms with E-state index in [0.717, 1.165) is 22.7 Å². The van der Waals surface area contributed by atoms with Gasteiger partial charge in [0.15, 0.2) is 5.11 Å². The quantitative estimate of drug-likeness (QED) is 0.505. The van der Waals surface area contributed by atoms with Crippen LogP contribution < -0.4 is 20.2 Å². The summed E-state index contributed by atoms with van der Waals surface area (Å²) in [6, 6.07) is 15.1. The van der Waals surface area contributed by atoms with Crippen LogP contribution in [0.25, 0.3) is 0 Å². The van der Waals surface area contributed by atoms with Gasteiger partial charge in [-0.25, -0.2) is 0 Å². The molecule has 0 radical (unpaired) electrons. The third kappa shape index (κ3) is 4.46. The lowest BCUT2D eigenvalue weighted by molar-refractivity contribution is 0.414. The predicted octanol–water partition coefficient (Wildman–Crippen LogP) is 3.02. The van der Waals surface area contributed by atoms with Crippen LogP contribution in [0.1, 0.15) is 5.56 Å². The van der Waals surface area contributed by atoms with Crippen LogP contribution in [0.5, 0.6) is 11.5 Å². The summed E-state index contributed by atoms with van der Waals surface area (Å²) in [5, 5.41) is 7.51. The summed E-state index contributed by atoms with van der Waals surface area (Å²) < 4.78 is 10.4. The molecule has 114 valence electrons. The lowest BCUT2D eigenvalue weighted by Gasteiger charge is -2.08. The molecule has 0 amide bonds. The molecule has 0 saturated carbocycles. The van der Waals surface area contributed by atoms with Crippen molar-refractivity contribution in [3.8, 4) is 11.5 Å². The Kier molecular flexibility index (Phi) is 5.73. The molecule has 0 spiro atoms. The van der Waals surface area contributed by atoms with E-state index < -0.39 is 0 Å². The van der Waals surface area contributed by atoms with E-state index >= 15 is 0 Å². The highest BCUT2D eigenvalue weighted by Crippen LogP contribution is 2.16. The minimum atomic E-state index is 0.388. The highest BCUT2D eigenvalue weighted by molar-refractivity contribution is 7.80. The Morgan fingerprint density at radius 1 is 1.09 bits per heavy atom. The largest absolute Gasteiger partial charge is 0.497 e. The molecule has 5 nitrogen and oxygen atoms in total. The van der Waals surface area contributed by atoms with Crippen LogP contribution in [-0.2, 0) is 0 Å². The van der Waals surface area contributed by atoms with Gasteiger partial charge >= 0.3 is 0 Å². The van der Waals surface area contributed by atoms with Crippen LogP contribution in [0.2, 0.25) is 0 Å². The molecular formula is C16H17N3O2S. The van der Waals surface area contributed by atoms with Crippen molar-refractivity contribution in [3.05, 3.63) is 54.1 Å². The molecule has 0 aliphatic heterocycles. The molecule has 0 saturated heterocycles. The molecule has 2 rings (SSSR count). The maximum Gasteiger partial charge on any atom is 0.191 e. The first-order chi connectivity index (χ1) is 10.7. The molecule has 0 atom stereocenters. The standard InChI is InChI=1S/C16H17N3O2S/c1-20-14-8-5-7-13(10-14)18-16(22)19-17-11-12-6-3-4-9-15(12)21-2/h3-11H,1-2H3,(H2,18,19,22)/b17-11+. The summed E-state index contributed by atoms with van der Waals surface area (Å²) in [6.07, 6.45) is 1.65. The normalized spacial score (nSPS) is 10.3. The molecule has 2 N–H and O–H groups in total. The fourth-order valence-electron chi connectivity index (χ4n) is 1.79. The summed E-state index contributed by atoms with van der Waals surface area (Å²) in [7, 11) is 3.24. The second-order valence-electron chi connectivity index (χ2n) is 4.30. The molecule has 0 heterocycles. The second-order valence-corrected chi connectivity index (χ2v) is 4.71. The molecule has 0 unspecified atom stereocenters. The van der Waals surface area contributed by atoms with Gasteiger partial charge in [-0.2, -0.15) is 5.10 Å². The molecule has 0 aliphatic carbocycles. The Balaban J connectivity index is 1.93. The number of benzene rings is 2. The van der Waals surface area contributed by atoms with Crippen molar-refractivity contribution in [1.82, 2.24) is 5.43 Å². The lowest BCUT2D eigenvalue weighted by atomic mass is 10.2. The van der Waals surface area contributed by atoms with Gasteiger partial charge in [0, 0.05) is 17.3 Å². The zero-order chi connectivity index (χ0) is 15.8. The monoisotopic (exact) mass is 315 g/mol. The number of anilines is 1. The van der Waals surface area contributed by atoms with E-state index in [-0.39, 0.29) is 0 Å². The number of hydrogen-bond acceptors (Lipinski definition) is 4. The van der Waals surface area contributed by atoms with Gasteiger partial charge in [-0.1, -0.05) is 18.2 Å². The lowest BCUT2D eigenvalue weighted by Crippen LogP contribution is -2.23. The number of nitrogens with one attached hydrogen (secondary N) is 2. The van der Waals surface area contributed by atoms with Crippen molar-refractivity contribution < 1.29 is 9.47 Å². The van der Waals surface area contributed by atoms with E-state index in [1.165, 1.54) is 0 Å². The van der Waals surface area contributed by atoms with E-state index in [2.05, 4.69) is 15.8 Å². The number of para-hydroxylation sites is 1. The number of thiocarbonyl (C=S) groups is 1. The fourth-order valence-corrected chi connectivity index (χ4v) is 1.96. The first kappa shape index (κ1) is 15.8. The summed E-state index contributed by atoms with van der Waals surface area (Å²) in [4.78, 5) is 0. The molecule has 0 fully saturated rings. The van der Waals surface area contributed by atoms with Gasteiger partial charge in [-0.15, -0.1) is 0 Å². The molecule has 22 heavy (non-hydrogen) atoms. The van der Waals surface area contributed by atoms with Crippen molar-refractivity contribution in [2.75, 3.05) is 19.5 Å². The molecular weight excluding hydrogens is 298 g/mol. The SMILES string of the molecule is COc1cccc(NC(=S)N/N=C/c2ccccc2OC)c1. The van der Waals surface area contributed by atoms with Gasteiger partial charge in [0.1, 0.15) is 11.5 Å². The smallest absolute Gasteiger partial charge is 0.191 e. The maximum atomic E-state index is 5.24. The van der Waals surface area contributed by atoms with Crippen molar-refractivity contribution in [3.63, 3.8) is 0 Å². The fraction of sp³-hybridized carbons (Fsp3) is 0.125. The molecule has 6 heteroatoms. The average Bonchev–Trinajstić information content (AvgIpc) is 2.55. The zero-order valence-electron chi connectivity index (χ0n) is 12.4. The number of nitrogens with zero attached hydrogens (tertiary/aromatic N) is 1. The summed E-state index contributed by atoms with van der Waals surface area (Å²) in [5.74, 6) is 1.50. The van der Waals surface area contributed by atoms with Gasteiger partial charge < -0.3 is 14.8 Å². The Morgan fingerprint density at radius 2 is 1.91 bits per heavy atom. The zero-order valence-corrected chi connectivity index (χ0v) is 13.2. The minimum Gasteiger partial charge on any atom is -0.497 e. The maximum absolute atomic E-state index is 5.24. The first-order valence-corrected chi connectivity index (χ1v) is 7.01. The van der Waals surface area contributed by atoms with Gasteiger partial charge in [0.2, 0.25) is 0 Å². The van der Waals surface area contributed by atoms with E-state index in [4.69, 9.17) is 21.7 Å². The third-order valence-corrected chi connectivity index (χ3v) is 3.03. The second kappa shape index (κ2) is 7.99. The Morgan fingerprint density at radius 3 is 2.68 bits per heavy atom. The number of methoxy groups -OCH3 is 2. The highest BCUT2D eigenvalue weighted by atomic mass is 32.1. The van der Waals surface area contributed by atoms with Crippen molar-refractivity contribution in [2.24, 2.45) is 5.10 Å². The van der Waals surface area contributed by atoms with Gasteiger partial charge in [0.05, 0.1) is 20.4 Å². The van der Waals surface area contributed by atoms with Crippen LogP contribution in [0.3, 0.4) is 0 Å². The third-order valence-electron chi connectivity index (χ3n) is 2.84. The van der Waals surface area contributed by atoms with E-state index in [9.17, 15) is 0 Å². The van der Waals surface area contributed by atoms with Crippen LogP contribution >= 0.6 is 12.2 Å². The topological polar surface area (TPSA) is 54.9 Å². The van der Waals surface area contributed by atoms with Crippen molar-refractivity contribution in [2.45, 2.75) is 0 Å². The summed E-state index contributed by atoms with van der Waals surface area (Å²) in [6.45, 7) is 0. The van der Waals surface area contributed by atoms with Gasteiger partial charge in [-0.05, 0) is 36.5 Å². The summed E-state index contributed by atoms with van der Waals surface area (Å²) >= 11 is 5.18. The minimum absolute atomic E-state index is 0.388. The molecule has 2 aromatic rings. The average molecular weight is 315 g/mol. The van der Waals surface area contributed by atoms with E-state index in [0.29, 0.717) is 5.11 Å². The van der Waals surface area contributed by atoms with Gasteiger partial charge in [0.25, 0.3) is 0 Å². The van der Waals surface area contributed by atoms with Crippen molar-refractivity contribution >= 4 is 29.2 Å². The van der Waals surface area contributed by atoms with Crippen LogP contribution in [-0.4, -0.2) is 25.5 Å². The summed E-state index contributed by atoms with van der Waals surface area (Å²) in [5.41, 5.74) is 4.45.